The Hall–Kier alpha value is -2.31. The Morgan fingerprint density at radius 1 is 1.08 bits per heavy atom. The number of furan rings is 1. The van der Waals surface area contributed by atoms with Crippen LogP contribution in [0, 0.1) is 5.41 Å². The molecule has 37 heavy (non-hydrogen) atoms. The van der Waals surface area contributed by atoms with E-state index in [0.29, 0.717) is 23.4 Å². The Morgan fingerprint density at radius 2 is 1.81 bits per heavy atom. The van der Waals surface area contributed by atoms with E-state index in [4.69, 9.17) is 9.15 Å². The Morgan fingerprint density at radius 3 is 2.46 bits per heavy atom. The molecule has 0 bridgehead atoms. The standard InChI is InChI=1S/C31H45N3O3/c1-23(2)26-8-6-7-9-27(26)28-21-32(20-24-10-17-36-22-24)15-16-34(28)25-18-31(19-25)11-13-33(14-12-31)29(35)37-30(3,4)5/h6-10,17,22-23,25,28H,11-16,18-21H2,1-5H3. The Bertz CT molecular complexity index is 1040. The van der Waals surface area contributed by atoms with E-state index in [1.54, 1.807) is 6.26 Å². The van der Waals surface area contributed by atoms with Gasteiger partial charge in [-0.05, 0) is 75.0 Å². The molecule has 5 rings (SSSR count). The summed E-state index contributed by atoms with van der Waals surface area (Å²) in [5.41, 5.74) is 4.18. The van der Waals surface area contributed by atoms with Crippen molar-refractivity contribution in [1.29, 1.82) is 0 Å². The van der Waals surface area contributed by atoms with E-state index in [0.717, 1.165) is 52.1 Å². The van der Waals surface area contributed by atoms with Gasteiger partial charge in [0.25, 0.3) is 0 Å². The summed E-state index contributed by atoms with van der Waals surface area (Å²) in [5.74, 6) is 0.507. The first kappa shape index (κ1) is 26.3. The number of ether oxygens (including phenoxy) is 1. The number of carbonyl (C=O) groups is 1. The maximum absolute atomic E-state index is 12.6. The number of amides is 1. The molecule has 6 nitrogen and oxygen atoms in total. The molecular formula is C31H45N3O3. The van der Waals surface area contributed by atoms with Crippen LogP contribution in [-0.4, -0.2) is 65.2 Å². The molecular weight excluding hydrogens is 462 g/mol. The summed E-state index contributed by atoms with van der Waals surface area (Å²) >= 11 is 0. The van der Waals surface area contributed by atoms with Crippen LogP contribution in [0.25, 0.3) is 0 Å². The molecule has 2 aromatic rings. The highest BCUT2D eigenvalue weighted by Gasteiger charge is 2.50. The fourth-order valence-electron chi connectivity index (χ4n) is 6.76. The molecule has 1 saturated carbocycles. The number of benzene rings is 1. The average molecular weight is 508 g/mol. The summed E-state index contributed by atoms with van der Waals surface area (Å²) in [5, 5.41) is 0. The Balaban J connectivity index is 1.26. The fourth-order valence-corrected chi connectivity index (χ4v) is 6.76. The van der Waals surface area contributed by atoms with Crippen molar-refractivity contribution >= 4 is 6.09 Å². The van der Waals surface area contributed by atoms with Crippen LogP contribution in [0.15, 0.2) is 47.3 Å². The van der Waals surface area contributed by atoms with E-state index in [2.05, 4.69) is 54.0 Å². The number of hydrogen-bond acceptors (Lipinski definition) is 5. The largest absolute Gasteiger partial charge is 0.472 e. The smallest absolute Gasteiger partial charge is 0.410 e. The van der Waals surface area contributed by atoms with Gasteiger partial charge in [-0.3, -0.25) is 9.80 Å². The zero-order valence-electron chi connectivity index (χ0n) is 23.4. The normalized spacial score (nSPS) is 23.4. The Kier molecular flexibility index (Phi) is 7.43. The Labute approximate surface area is 222 Å². The van der Waals surface area contributed by atoms with Crippen LogP contribution < -0.4 is 0 Å². The van der Waals surface area contributed by atoms with Crippen molar-refractivity contribution in [2.45, 2.75) is 90.4 Å². The van der Waals surface area contributed by atoms with Crippen LogP contribution in [0.3, 0.4) is 0 Å². The quantitative estimate of drug-likeness (QED) is 0.466. The third-order valence-electron chi connectivity index (χ3n) is 8.75. The summed E-state index contributed by atoms with van der Waals surface area (Å²) in [7, 11) is 0. The number of likely N-dealkylation sites (tertiary alicyclic amines) is 1. The minimum Gasteiger partial charge on any atom is -0.472 e. The number of nitrogens with zero attached hydrogens (tertiary/aromatic N) is 3. The lowest BCUT2D eigenvalue weighted by molar-refractivity contribution is -0.0782. The van der Waals surface area contributed by atoms with Crippen molar-refractivity contribution in [2.75, 3.05) is 32.7 Å². The fraction of sp³-hybridized carbons (Fsp3) is 0.645. The summed E-state index contributed by atoms with van der Waals surface area (Å²) in [4.78, 5) is 19.9. The lowest BCUT2D eigenvalue weighted by Gasteiger charge is -2.58. The predicted molar refractivity (Wildman–Crippen MR) is 146 cm³/mol. The van der Waals surface area contributed by atoms with Gasteiger partial charge in [0.05, 0.1) is 12.5 Å². The SMILES string of the molecule is CC(C)c1ccccc1C1CN(Cc2ccoc2)CCN1C1CC2(CCN(C(=O)OC(C)(C)C)CC2)C1. The van der Waals surface area contributed by atoms with Gasteiger partial charge in [0.2, 0.25) is 0 Å². The van der Waals surface area contributed by atoms with E-state index in [-0.39, 0.29) is 6.09 Å². The third-order valence-corrected chi connectivity index (χ3v) is 8.75. The first-order valence-corrected chi connectivity index (χ1v) is 14.2. The van der Waals surface area contributed by atoms with Gasteiger partial charge in [-0.1, -0.05) is 38.1 Å². The molecule has 3 heterocycles. The highest BCUT2D eigenvalue weighted by Crippen LogP contribution is 2.53. The number of carbonyl (C=O) groups excluding carboxylic acids is 1. The van der Waals surface area contributed by atoms with Crippen molar-refractivity contribution < 1.29 is 13.9 Å². The molecule has 1 spiro atoms. The molecule has 1 aliphatic carbocycles. The van der Waals surface area contributed by atoms with E-state index in [9.17, 15) is 4.79 Å². The van der Waals surface area contributed by atoms with Gasteiger partial charge < -0.3 is 14.1 Å². The highest BCUT2D eigenvalue weighted by atomic mass is 16.6. The minimum atomic E-state index is -0.436. The third kappa shape index (κ3) is 5.91. The molecule has 1 amide bonds. The van der Waals surface area contributed by atoms with Gasteiger partial charge in [0.15, 0.2) is 0 Å². The number of piperidine rings is 1. The van der Waals surface area contributed by atoms with Crippen molar-refractivity contribution in [3.8, 4) is 0 Å². The lowest BCUT2D eigenvalue weighted by Crippen LogP contribution is -2.60. The summed E-state index contributed by atoms with van der Waals surface area (Å²) in [6.45, 7) is 16.3. The summed E-state index contributed by atoms with van der Waals surface area (Å²) in [6.07, 6.45) is 8.18. The topological polar surface area (TPSA) is 49.2 Å². The molecule has 0 N–H and O–H groups in total. The van der Waals surface area contributed by atoms with Crippen LogP contribution in [0.1, 0.15) is 89.0 Å². The van der Waals surface area contributed by atoms with Gasteiger partial charge in [0.1, 0.15) is 5.60 Å². The first-order valence-electron chi connectivity index (χ1n) is 14.2. The van der Waals surface area contributed by atoms with Crippen LogP contribution in [-0.2, 0) is 11.3 Å². The van der Waals surface area contributed by atoms with Crippen LogP contribution in [0.2, 0.25) is 0 Å². The molecule has 1 aromatic heterocycles. The van der Waals surface area contributed by atoms with Crippen LogP contribution >= 0.6 is 0 Å². The zero-order chi connectivity index (χ0) is 26.2. The molecule has 202 valence electrons. The maximum atomic E-state index is 12.6. The zero-order valence-corrected chi connectivity index (χ0v) is 23.4. The van der Waals surface area contributed by atoms with Gasteiger partial charge in [-0.15, -0.1) is 0 Å². The first-order chi connectivity index (χ1) is 17.6. The van der Waals surface area contributed by atoms with E-state index in [1.807, 2.05) is 31.9 Å². The summed E-state index contributed by atoms with van der Waals surface area (Å²) < 4.78 is 11.0. The molecule has 3 fully saturated rings. The van der Waals surface area contributed by atoms with E-state index >= 15 is 0 Å². The van der Waals surface area contributed by atoms with Crippen LogP contribution in [0.4, 0.5) is 4.79 Å². The number of rotatable bonds is 5. The van der Waals surface area contributed by atoms with Crippen molar-refractivity contribution in [1.82, 2.24) is 14.7 Å². The highest BCUT2D eigenvalue weighted by molar-refractivity contribution is 5.68. The molecule has 1 atom stereocenters. The van der Waals surface area contributed by atoms with Gasteiger partial charge in [-0.25, -0.2) is 4.79 Å². The molecule has 0 radical (unpaired) electrons. The van der Waals surface area contributed by atoms with Crippen molar-refractivity contribution in [3.63, 3.8) is 0 Å². The molecule has 6 heteroatoms. The second-order valence-electron chi connectivity index (χ2n) is 12.9. The van der Waals surface area contributed by atoms with Gasteiger partial charge in [-0.2, -0.15) is 0 Å². The van der Waals surface area contributed by atoms with Crippen molar-refractivity contribution in [3.05, 3.63) is 59.5 Å². The van der Waals surface area contributed by atoms with Crippen LogP contribution in [0.5, 0.6) is 0 Å². The van der Waals surface area contributed by atoms with E-state index in [1.165, 1.54) is 29.5 Å². The molecule has 1 aromatic carbocycles. The molecule has 2 saturated heterocycles. The second-order valence-corrected chi connectivity index (χ2v) is 12.9. The molecule has 1 unspecified atom stereocenters. The predicted octanol–water partition coefficient (Wildman–Crippen LogP) is 6.44. The van der Waals surface area contributed by atoms with Crippen molar-refractivity contribution in [2.24, 2.45) is 5.41 Å². The minimum absolute atomic E-state index is 0.155. The number of piperazine rings is 1. The summed E-state index contributed by atoms with van der Waals surface area (Å²) in [6, 6.07) is 12.2. The monoisotopic (exact) mass is 507 g/mol. The van der Waals surface area contributed by atoms with Gasteiger partial charge >= 0.3 is 6.09 Å². The molecule has 2 aliphatic heterocycles. The molecule has 3 aliphatic rings. The second kappa shape index (κ2) is 10.5. The number of hydrogen-bond donors (Lipinski definition) is 0. The average Bonchev–Trinajstić information content (AvgIpc) is 3.35. The van der Waals surface area contributed by atoms with Gasteiger partial charge in [0, 0.05) is 56.9 Å². The lowest BCUT2D eigenvalue weighted by atomic mass is 9.59. The van der Waals surface area contributed by atoms with E-state index < -0.39 is 5.60 Å². The maximum Gasteiger partial charge on any atom is 0.410 e.